The number of likely N-dealkylation sites (N-methyl/N-ethyl adjacent to an activating group) is 2. The summed E-state index contributed by atoms with van der Waals surface area (Å²) in [5.74, 6) is 0.750. The maximum atomic E-state index is 12.2. The van der Waals surface area contributed by atoms with Crippen molar-refractivity contribution in [1.82, 2.24) is 20.5 Å². The van der Waals surface area contributed by atoms with E-state index < -0.39 is 18.2 Å². The molecule has 1 aromatic rings. The van der Waals surface area contributed by atoms with Crippen LogP contribution in [0.5, 0.6) is 5.75 Å². The lowest BCUT2D eigenvalue weighted by Crippen LogP contribution is -2.64. The van der Waals surface area contributed by atoms with Gasteiger partial charge in [-0.1, -0.05) is 15.9 Å². The predicted octanol–water partition coefficient (Wildman–Crippen LogP) is 0.949. The number of amides is 3. The molecule has 2 aliphatic rings. The Balaban J connectivity index is 1.80. The Kier molecular flexibility index (Phi) is 5.12. The van der Waals surface area contributed by atoms with Crippen LogP contribution >= 0.6 is 15.9 Å². The minimum Gasteiger partial charge on any atom is -0.496 e. The number of nitrogens with one attached hydrogen (secondary N) is 2. The number of hydrazone groups is 1. The fraction of sp³-hybridized carbons (Fsp3) is 0.375. The monoisotopic (exact) mass is 422 g/mol. The number of hydrogen-bond acceptors (Lipinski definition) is 7. The van der Waals surface area contributed by atoms with Crippen molar-refractivity contribution in [3.8, 4) is 5.75 Å². The first-order chi connectivity index (χ1) is 12.5. The minimum atomic E-state index is -0.575. The van der Waals surface area contributed by atoms with E-state index in [9.17, 15) is 9.59 Å². The number of carbonyl (C=O) groups is 2. The van der Waals surface area contributed by atoms with Crippen LogP contribution in [0, 0.1) is 0 Å². The maximum absolute atomic E-state index is 12.2. The number of methoxy groups -OCH3 is 1. The van der Waals surface area contributed by atoms with E-state index in [2.05, 4.69) is 36.8 Å². The van der Waals surface area contributed by atoms with Gasteiger partial charge in [0, 0.05) is 23.6 Å². The average molecular weight is 423 g/mol. The van der Waals surface area contributed by atoms with E-state index in [0.29, 0.717) is 18.3 Å². The van der Waals surface area contributed by atoms with Crippen LogP contribution in [0.2, 0.25) is 0 Å². The summed E-state index contributed by atoms with van der Waals surface area (Å²) in [6, 6.07) is 4.55. The van der Waals surface area contributed by atoms with Crippen LogP contribution in [0.4, 0.5) is 4.79 Å². The molecular formula is C16H19BrN6O3. The molecule has 0 saturated carbocycles. The molecule has 26 heavy (non-hydrogen) atoms. The van der Waals surface area contributed by atoms with Crippen LogP contribution < -0.4 is 15.5 Å². The van der Waals surface area contributed by atoms with E-state index in [4.69, 9.17) is 4.74 Å². The molecule has 1 fully saturated rings. The van der Waals surface area contributed by atoms with Crippen molar-refractivity contribution in [2.24, 2.45) is 10.1 Å². The lowest BCUT2D eigenvalue weighted by atomic mass is 10.1. The van der Waals surface area contributed by atoms with Gasteiger partial charge in [-0.05, 0) is 25.1 Å². The third kappa shape index (κ3) is 3.24. The Labute approximate surface area is 159 Å². The Morgan fingerprint density at radius 1 is 1.46 bits per heavy atom. The maximum Gasteiger partial charge on any atom is 0.325 e. The number of ether oxygens (including phenoxy) is 1. The quantitative estimate of drug-likeness (QED) is 0.555. The number of fused-ring (bicyclic) bond motifs is 1. The summed E-state index contributed by atoms with van der Waals surface area (Å²) in [7, 11) is 3.19. The third-order valence-corrected chi connectivity index (χ3v) is 4.75. The van der Waals surface area contributed by atoms with Gasteiger partial charge in [0.05, 0.1) is 13.3 Å². The lowest BCUT2D eigenvalue weighted by Gasteiger charge is -2.35. The first-order valence-corrected chi connectivity index (χ1v) is 8.80. The number of benzene rings is 1. The van der Waals surface area contributed by atoms with Gasteiger partial charge in [-0.3, -0.25) is 10.1 Å². The Hall–Kier alpha value is -2.62. The highest BCUT2D eigenvalue weighted by atomic mass is 79.9. The molecule has 0 bridgehead atoms. The van der Waals surface area contributed by atoms with E-state index >= 15 is 0 Å². The molecule has 2 atom stereocenters. The molecule has 0 aromatic heterocycles. The second-order valence-electron chi connectivity index (χ2n) is 5.76. The van der Waals surface area contributed by atoms with Gasteiger partial charge < -0.3 is 14.5 Å². The molecule has 1 aromatic carbocycles. The van der Waals surface area contributed by atoms with Crippen LogP contribution in [0.15, 0.2) is 32.8 Å². The van der Waals surface area contributed by atoms with Crippen LogP contribution in [-0.4, -0.2) is 66.8 Å². The second-order valence-corrected chi connectivity index (χ2v) is 6.67. The summed E-state index contributed by atoms with van der Waals surface area (Å²) in [5, 5.41) is 6.55. The van der Waals surface area contributed by atoms with Crippen molar-refractivity contribution in [2.45, 2.75) is 19.1 Å². The minimum absolute atomic E-state index is 0.363. The summed E-state index contributed by atoms with van der Waals surface area (Å²) >= 11 is 3.41. The Morgan fingerprint density at radius 2 is 2.23 bits per heavy atom. The largest absolute Gasteiger partial charge is 0.496 e. The van der Waals surface area contributed by atoms with Gasteiger partial charge in [-0.2, -0.15) is 5.10 Å². The highest BCUT2D eigenvalue weighted by Gasteiger charge is 2.48. The summed E-state index contributed by atoms with van der Waals surface area (Å²) in [4.78, 5) is 31.6. The molecule has 3 amide bonds. The number of guanidine groups is 1. The van der Waals surface area contributed by atoms with Crippen LogP contribution in [0.25, 0.3) is 0 Å². The molecule has 2 aliphatic heterocycles. The highest BCUT2D eigenvalue weighted by Crippen LogP contribution is 2.23. The van der Waals surface area contributed by atoms with Gasteiger partial charge in [-0.15, -0.1) is 0 Å². The molecule has 2 heterocycles. The smallest absolute Gasteiger partial charge is 0.325 e. The molecule has 0 aliphatic carbocycles. The molecular weight excluding hydrogens is 404 g/mol. The number of urea groups is 1. The van der Waals surface area contributed by atoms with Gasteiger partial charge in [0.2, 0.25) is 5.96 Å². The van der Waals surface area contributed by atoms with Gasteiger partial charge >= 0.3 is 6.03 Å². The summed E-state index contributed by atoms with van der Waals surface area (Å²) in [6.45, 7) is 2.45. The first-order valence-electron chi connectivity index (χ1n) is 8.01. The molecule has 3 rings (SSSR count). The fourth-order valence-corrected chi connectivity index (χ4v) is 3.31. The molecule has 0 spiro atoms. The number of halogens is 1. The predicted molar refractivity (Wildman–Crippen MR) is 100 cm³/mol. The zero-order chi connectivity index (χ0) is 18.8. The third-order valence-electron chi connectivity index (χ3n) is 4.26. The zero-order valence-electron chi connectivity index (χ0n) is 14.6. The standard InChI is InChI=1S/C16H19BrN6O3/c1-4-23-12-13(22(2)16(25)20-14(12)24)19-15(23)21-18-8-9-7-10(17)5-6-11(9)26-3/h5-8,12-13H,4H2,1-3H3,(H,19,21)(H,20,24,25)/b18-8+. The number of carbonyl (C=O) groups excluding carboxylic acids is 2. The lowest BCUT2D eigenvalue weighted by molar-refractivity contribution is -0.127. The van der Waals surface area contributed by atoms with E-state index in [1.54, 1.807) is 25.3 Å². The van der Waals surface area contributed by atoms with Crippen LogP contribution in [0.1, 0.15) is 12.5 Å². The number of rotatable bonds is 4. The van der Waals surface area contributed by atoms with Crippen LogP contribution in [0.3, 0.4) is 0 Å². The Bertz CT molecular complexity index is 796. The molecule has 0 radical (unpaired) electrons. The van der Waals surface area contributed by atoms with Crippen molar-refractivity contribution in [1.29, 1.82) is 0 Å². The SMILES string of the molecule is CCN1C(N/N=C/c2cc(Br)ccc2OC)=NC2C1C(=O)NC(=O)N2C. The highest BCUT2D eigenvalue weighted by molar-refractivity contribution is 9.10. The molecule has 10 heteroatoms. The fourth-order valence-electron chi connectivity index (χ4n) is 2.93. The second kappa shape index (κ2) is 7.32. The Morgan fingerprint density at radius 3 is 2.92 bits per heavy atom. The summed E-state index contributed by atoms with van der Waals surface area (Å²) in [5.41, 5.74) is 3.65. The molecule has 9 nitrogen and oxygen atoms in total. The zero-order valence-corrected chi connectivity index (χ0v) is 16.1. The molecule has 2 N–H and O–H groups in total. The summed E-state index contributed by atoms with van der Waals surface area (Å²) in [6.07, 6.45) is 1.03. The van der Waals surface area contributed by atoms with Crippen molar-refractivity contribution < 1.29 is 14.3 Å². The van der Waals surface area contributed by atoms with Crippen molar-refractivity contribution in [3.05, 3.63) is 28.2 Å². The number of nitrogens with zero attached hydrogens (tertiary/aromatic N) is 4. The van der Waals surface area contributed by atoms with E-state index in [1.165, 1.54) is 4.90 Å². The first kappa shape index (κ1) is 18.2. The normalized spacial score (nSPS) is 22.4. The molecule has 2 unspecified atom stereocenters. The number of aliphatic imine (C=N–C) groups is 1. The van der Waals surface area contributed by atoms with Crippen LogP contribution in [-0.2, 0) is 4.79 Å². The van der Waals surface area contributed by atoms with Crippen molar-refractivity contribution in [2.75, 3.05) is 20.7 Å². The van der Waals surface area contributed by atoms with Crippen molar-refractivity contribution in [3.63, 3.8) is 0 Å². The van der Waals surface area contributed by atoms with Crippen molar-refractivity contribution >= 4 is 40.0 Å². The number of imide groups is 1. The van der Waals surface area contributed by atoms with Gasteiger partial charge in [0.25, 0.3) is 5.91 Å². The van der Waals surface area contributed by atoms with E-state index in [1.807, 2.05) is 25.1 Å². The van der Waals surface area contributed by atoms with Gasteiger partial charge in [0.15, 0.2) is 12.2 Å². The van der Waals surface area contributed by atoms with Gasteiger partial charge in [0.1, 0.15) is 5.75 Å². The van der Waals surface area contributed by atoms with Gasteiger partial charge in [-0.25, -0.2) is 15.2 Å². The topological polar surface area (TPSA) is 98.6 Å². The number of hydrogen-bond donors (Lipinski definition) is 2. The van der Waals surface area contributed by atoms with E-state index in [0.717, 1.165) is 10.0 Å². The molecule has 138 valence electrons. The van der Waals surface area contributed by atoms with E-state index in [-0.39, 0.29) is 5.91 Å². The molecule has 1 saturated heterocycles. The average Bonchev–Trinajstić information content (AvgIpc) is 2.99. The summed E-state index contributed by atoms with van der Waals surface area (Å²) < 4.78 is 6.20.